The van der Waals surface area contributed by atoms with E-state index in [1.165, 1.54) is 0 Å². The molecule has 5 heteroatoms. The summed E-state index contributed by atoms with van der Waals surface area (Å²) >= 11 is 8.84. The zero-order valence-corrected chi connectivity index (χ0v) is 15.9. The molecule has 0 spiro atoms. The Hall–Kier alpha value is -1.59. The van der Waals surface area contributed by atoms with E-state index in [4.69, 9.17) is 17.0 Å². The minimum Gasteiger partial charge on any atom is -0.491 e. The standard InChI is InChI=1S/C18H21BrN2OS/c1-12(2)22-16-6-4-5-14(10-16)11-20-18(23)21-15-7-8-17(19)13(3)9-15/h4-10,12H,11H2,1-3H3,(H2,20,21,23). The summed E-state index contributed by atoms with van der Waals surface area (Å²) < 4.78 is 6.79. The average molecular weight is 393 g/mol. The third kappa shape index (κ3) is 5.84. The summed E-state index contributed by atoms with van der Waals surface area (Å²) in [5.74, 6) is 0.877. The highest BCUT2D eigenvalue weighted by Gasteiger charge is 2.02. The van der Waals surface area contributed by atoms with E-state index in [0.29, 0.717) is 11.7 Å². The van der Waals surface area contributed by atoms with Crippen molar-refractivity contribution in [2.75, 3.05) is 5.32 Å². The van der Waals surface area contributed by atoms with Crippen LogP contribution in [-0.4, -0.2) is 11.2 Å². The highest BCUT2D eigenvalue weighted by molar-refractivity contribution is 9.10. The maximum absolute atomic E-state index is 5.70. The quantitative estimate of drug-likeness (QED) is 0.698. The summed E-state index contributed by atoms with van der Waals surface area (Å²) in [6, 6.07) is 14.1. The van der Waals surface area contributed by atoms with Gasteiger partial charge in [0.05, 0.1) is 6.10 Å². The lowest BCUT2D eigenvalue weighted by Gasteiger charge is -2.13. The molecule has 23 heavy (non-hydrogen) atoms. The van der Waals surface area contributed by atoms with Crippen LogP contribution in [-0.2, 0) is 6.54 Å². The van der Waals surface area contributed by atoms with Crippen LogP contribution in [0.2, 0.25) is 0 Å². The van der Waals surface area contributed by atoms with Gasteiger partial charge in [-0.05, 0) is 74.4 Å². The van der Waals surface area contributed by atoms with Crippen LogP contribution in [0.15, 0.2) is 46.9 Å². The van der Waals surface area contributed by atoms with E-state index >= 15 is 0 Å². The molecule has 0 aliphatic rings. The number of nitrogens with one attached hydrogen (secondary N) is 2. The van der Waals surface area contributed by atoms with E-state index in [-0.39, 0.29) is 6.10 Å². The number of hydrogen-bond acceptors (Lipinski definition) is 2. The van der Waals surface area contributed by atoms with Gasteiger partial charge in [0.2, 0.25) is 0 Å². The minimum atomic E-state index is 0.168. The topological polar surface area (TPSA) is 33.3 Å². The van der Waals surface area contributed by atoms with Crippen LogP contribution in [0, 0.1) is 6.92 Å². The molecule has 0 radical (unpaired) electrons. The molecule has 0 bridgehead atoms. The Morgan fingerprint density at radius 3 is 2.70 bits per heavy atom. The van der Waals surface area contributed by atoms with Crippen molar-refractivity contribution in [3.8, 4) is 5.75 Å². The van der Waals surface area contributed by atoms with Gasteiger partial charge in [0.1, 0.15) is 5.75 Å². The zero-order chi connectivity index (χ0) is 16.8. The molecule has 0 atom stereocenters. The molecule has 3 nitrogen and oxygen atoms in total. The molecule has 0 amide bonds. The van der Waals surface area contributed by atoms with Gasteiger partial charge in [-0.1, -0.05) is 28.1 Å². The van der Waals surface area contributed by atoms with Crippen molar-refractivity contribution in [2.24, 2.45) is 0 Å². The van der Waals surface area contributed by atoms with Crippen molar-refractivity contribution in [3.05, 3.63) is 58.1 Å². The molecule has 0 unspecified atom stereocenters. The number of rotatable bonds is 5. The Balaban J connectivity index is 1.90. The molecule has 2 N–H and O–H groups in total. The van der Waals surface area contributed by atoms with E-state index in [9.17, 15) is 0 Å². The largest absolute Gasteiger partial charge is 0.491 e. The van der Waals surface area contributed by atoms with E-state index in [1.54, 1.807) is 0 Å². The molecular weight excluding hydrogens is 372 g/mol. The summed E-state index contributed by atoms with van der Waals surface area (Å²) in [6.07, 6.45) is 0.168. The fourth-order valence-electron chi connectivity index (χ4n) is 2.08. The molecule has 2 rings (SSSR count). The number of ether oxygens (including phenoxy) is 1. The number of thiocarbonyl (C=S) groups is 1. The van der Waals surface area contributed by atoms with Crippen LogP contribution in [0.4, 0.5) is 5.69 Å². The summed E-state index contributed by atoms with van der Waals surface area (Å²) in [7, 11) is 0. The number of halogens is 1. The second kappa shape index (κ2) is 8.31. The highest BCUT2D eigenvalue weighted by Crippen LogP contribution is 2.20. The Bertz CT molecular complexity index is 688. The summed E-state index contributed by atoms with van der Waals surface area (Å²) in [5.41, 5.74) is 3.26. The molecule has 0 saturated heterocycles. The van der Waals surface area contributed by atoms with Crippen LogP contribution in [0.3, 0.4) is 0 Å². The fraction of sp³-hybridized carbons (Fsp3) is 0.278. The predicted octanol–water partition coefficient (Wildman–Crippen LogP) is 5.03. The van der Waals surface area contributed by atoms with Gasteiger partial charge in [0, 0.05) is 16.7 Å². The molecule has 2 aromatic carbocycles. The Morgan fingerprint density at radius 1 is 1.22 bits per heavy atom. The van der Waals surface area contributed by atoms with Crippen molar-refractivity contribution in [1.82, 2.24) is 5.32 Å². The second-order valence-electron chi connectivity index (χ2n) is 5.59. The predicted molar refractivity (Wildman–Crippen MR) is 104 cm³/mol. The lowest BCUT2D eigenvalue weighted by Crippen LogP contribution is -2.27. The lowest BCUT2D eigenvalue weighted by molar-refractivity contribution is 0.242. The third-order valence-electron chi connectivity index (χ3n) is 3.14. The van der Waals surface area contributed by atoms with Crippen LogP contribution >= 0.6 is 28.1 Å². The van der Waals surface area contributed by atoms with Crippen molar-refractivity contribution >= 4 is 38.9 Å². The maximum Gasteiger partial charge on any atom is 0.171 e. The van der Waals surface area contributed by atoms with Gasteiger partial charge in [0.25, 0.3) is 0 Å². The molecule has 0 saturated carbocycles. The van der Waals surface area contributed by atoms with Crippen molar-refractivity contribution in [1.29, 1.82) is 0 Å². The van der Waals surface area contributed by atoms with Gasteiger partial charge in [-0.2, -0.15) is 0 Å². The monoisotopic (exact) mass is 392 g/mol. The summed E-state index contributed by atoms with van der Waals surface area (Å²) in [4.78, 5) is 0. The third-order valence-corrected chi connectivity index (χ3v) is 4.28. The van der Waals surface area contributed by atoms with Gasteiger partial charge in [-0.3, -0.25) is 0 Å². The number of aryl methyl sites for hydroxylation is 1. The molecule has 0 fully saturated rings. The van der Waals surface area contributed by atoms with Gasteiger partial charge in [-0.25, -0.2) is 0 Å². The van der Waals surface area contributed by atoms with E-state index in [2.05, 4.69) is 32.6 Å². The van der Waals surface area contributed by atoms with E-state index in [0.717, 1.165) is 27.0 Å². The number of anilines is 1. The Morgan fingerprint density at radius 2 is 2.00 bits per heavy atom. The molecule has 0 aliphatic heterocycles. The van der Waals surface area contributed by atoms with Gasteiger partial charge < -0.3 is 15.4 Å². The summed E-state index contributed by atoms with van der Waals surface area (Å²) in [5, 5.41) is 7.01. The molecule has 0 aliphatic carbocycles. The van der Waals surface area contributed by atoms with E-state index in [1.807, 2.05) is 57.2 Å². The fourth-order valence-corrected chi connectivity index (χ4v) is 2.52. The van der Waals surface area contributed by atoms with Crippen molar-refractivity contribution in [2.45, 2.75) is 33.4 Å². The SMILES string of the molecule is Cc1cc(NC(=S)NCc2cccc(OC(C)C)c2)ccc1Br. The Kier molecular flexibility index (Phi) is 6.42. The molecule has 0 aromatic heterocycles. The number of benzene rings is 2. The maximum atomic E-state index is 5.70. The average Bonchev–Trinajstić information content (AvgIpc) is 2.49. The zero-order valence-electron chi connectivity index (χ0n) is 13.5. The highest BCUT2D eigenvalue weighted by atomic mass is 79.9. The van der Waals surface area contributed by atoms with Gasteiger partial charge in [0.15, 0.2) is 5.11 Å². The second-order valence-corrected chi connectivity index (χ2v) is 6.85. The normalized spacial score (nSPS) is 10.5. The first-order valence-electron chi connectivity index (χ1n) is 7.50. The summed E-state index contributed by atoms with van der Waals surface area (Å²) in [6.45, 7) is 6.73. The van der Waals surface area contributed by atoms with E-state index < -0.39 is 0 Å². The molecule has 0 heterocycles. The van der Waals surface area contributed by atoms with Crippen LogP contribution in [0.25, 0.3) is 0 Å². The number of hydrogen-bond donors (Lipinski definition) is 2. The molecule has 122 valence electrons. The Labute approximate surface area is 151 Å². The first kappa shape index (κ1) is 17.8. The van der Waals surface area contributed by atoms with Crippen LogP contribution < -0.4 is 15.4 Å². The molecule has 2 aromatic rings. The van der Waals surface area contributed by atoms with Gasteiger partial charge in [-0.15, -0.1) is 0 Å². The van der Waals surface area contributed by atoms with Gasteiger partial charge >= 0.3 is 0 Å². The van der Waals surface area contributed by atoms with Crippen LogP contribution in [0.1, 0.15) is 25.0 Å². The van der Waals surface area contributed by atoms with Crippen LogP contribution in [0.5, 0.6) is 5.75 Å². The van der Waals surface area contributed by atoms with Crippen molar-refractivity contribution < 1.29 is 4.74 Å². The lowest BCUT2D eigenvalue weighted by atomic mass is 10.2. The first-order chi connectivity index (χ1) is 10.9. The first-order valence-corrected chi connectivity index (χ1v) is 8.71. The minimum absolute atomic E-state index is 0.168. The smallest absolute Gasteiger partial charge is 0.171 e. The molecular formula is C18H21BrN2OS. The van der Waals surface area contributed by atoms with Crippen molar-refractivity contribution in [3.63, 3.8) is 0 Å².